The summed E-state index contributed by atoms with van der Waals surface area (Å²) in [6, 6.07) is 3.56. The van der Waals surface area contributed by atoms with E-state index in [1.807, 2.05) is 0 Å². The second-order valence-corrected chi connectivity index (χ2v) is 3.01. The largest absolute Gasteiger partial charge is 0.504 e. The molecule has 0 aromatic carbocycles. The average Bonchev–Trinajstić information content (AvgIpc) is 2.47. The molecule has 2 aromatic heterocycles. The number of hydrogen-bond donors (Lipinski definition) is 1. The predicted molar refractivity (Wildman–Crippen MR) is 50.3 cm³/mol. The van der Waals surface area contributed by atoms with Crippen LogP contribution < -0.4 is 0 Å². The minimum absolute atomic E-state index is 0.204. The Morgan fingerprint density at radius 2 is 2.14 bits per heavy atom. The van der Waals surface area contributed by atoms with Crippen LogP contribution in [-0.2, 0) is 0 Å². The van der Waals surface area contributed by atoms with E-state index in [2.05, 4.69) is 15.3 Å². The van der Waals surface area contributed by atoms with Gasteiger partial charge in [0.15, 0.2) is 11.6 Å². The molecule has 0 unspecified atom stereocenters. The van der Waals surface area contributed by atoms with E-state index in [1.54, 1.807) is 36.9 Å². The summed E-state index contributed by atoms with van der Waals surface area (Å²) in [5.41, 5.74) is 1.26. The van der Waals surface area contributed by atoms with Crippen molar-refractivity contribution in [1.82, 2.24) is 20.0 Å². The van der Waals surface area contributed by atoms with Gasteiger partial charge in [0.1, 0.15) is 5.69 Å². The number of aromatic hydroxyl groups is 1. The van der Waals surface area contributed by atoms with Crippen LogP contribution in [0.25, 0.3) is 5.82 Å². The maximum absolute atomic E-state index is 9.56. The molecule has 72 valence electrons. The number of hydrogen-bond acceptors (Lipinski definition) is 4. The Hall–Kier alpha value is -1.91. The van der Waals surface area contributed by atoms with Gasteiger partial charge in [0, 0.05) is 6.20 Å². The molecule has 0 aliphatic heterocycles. The number of nitrogens with zero attached hydrogens (tertiary/aromatic N) is 4. The van der Waals surface area contributed by atoms with Crippen molar-refractivity contribution in [1.29, 1.82) is 0 Å². The molecule has 0 spiro atoms. The summed E-state index contributed by atoms with van der Waals surface area (Å²) in [6.45, 7) is 3.53. The van der Waals surface area contributed by atoms with Crippen molar-refractivity contribution in [3.63, 3.8) is 0 Å². The summed E-state index contributed by atoms with van der Waals surface area (Å²) >= 11 is 0. The van der Waals surface area contributed by atoms with Gasteiger partial charge in [0.05, 0.1) is 5.69 Å². The molecule has 0 saturated heterocycles. The smallest absolute Gasteiger partial charge is 0.176 e. The topological polar surface area (TPSA) is 63.8 Å². The number of rotatable bonds is 1. The average molecular weight is 190 g/mol. The van der Waals surface area contributed by atoms with Crippen LogP contribution in [-0.4, -0.2) is 25.1 Å². The molecule has 0 atom stereocenters. The zero-order chi connectivity index (χ0) is 10.1. The summed E-state index contributed by atoms with van der Waals surface area (Å²) in [7, 11) is 0. The van der Waals surface area contributed by atoms with Gasteiger partial charge in [0.2, 0.25) is 0 Å². The van der Waals surface area contributed by atoms with Gasteiger partial charge in [-0.05, 0) is 26.0 Å². The highest BCUT2D eigenvalue weighted by atomic mass is 16.3. The Labute approximate surface area is 81.0 Å². The fourth-order valence-electron chi connectivity index (χ4n) is 1.26. The molecule has 5 nitrogen and oxygen atoms in total. The lowest BCUT2D eigenvalue weighted by Gasteiger charge is -2.00. The van der Waals surface area contributed by atoms with Gasteiger partial charge in [-0.15, -0.1) is 5.10 Å². The van der Waals surface area contributed by atoms with Crippen LogP contribution in [0.1, 0.15) is 11.4 Å². The Kier molecular flexibility index (Phi) is 1.92. The molecule has 0 saturated carbocycles. The lowest BCUT2D eigenvalue weighted by atomic mass is 10.3. The Morgan fingerprint density at radius 1 is 1.36 bits per heavy atom. The van der Waals surface area contributed by atoms with E-state index in [0.29, 0.717) is 17.2 Å². The van der Waals surface area contributed by atoms with Crippen LogP contribution in [0.5, 0.6) is 5.75 Å². The molecular weight excluding hydrogens is 180 g/mol. The SMILES string of the molecule is Cc1nn(-c2cccnn2)c(C)c1O. The second kappa shape index (κ2) is 3.10. The first kappa shape index (κ1) is 8.68. The third-order valence-corrected chi connectivity index (χ3v) is 2.03. The lowest BCUT2D eigenvalue weighted by Crippen LogP contribution is -2.02. The van der Waals surface area contributed by atoms with E-state index in [1.165, 1.54) is 0 Å². The van der Waals surface area contributed by atoms with E-state index >= 15 is 0 Å². The highest BCUT2D eigenvalue weighted by Crippen LogP contribution is 2.21. The number of aryl methyl sites for hydroxylation is 1. The van der Waals surface area contributed by atoms with Crippen molar-refractivity contribution < 1.29 is 5.11 Å². The molecule has 14 heavy (non-hydrogen) atoms. The van der Waals surface area contributed by atoms with Crippen LogP contribution in [0.15, 0.2) is 18.3 Å². The molecular formula is C9H10N4O. The van der Waals surface area contributed by atoms with Gasteiger partial charge in [-0.2, -0.15) is 10.2 Å². The molecule has 2 rings (SSSR count). The molecule has 5 heteroatoms. The van der Waals surface area contributed by atoms with Crippen LogP contribution in [0.2, 0.25) is 0 Å². The summed E-state index contributed by atoms with van der Waals surface area (Å²) < 4.78 is 1.57. The third-order valence-electron chi connectivity index (χ3n) is 2.03. The fourth-order valence-corrected chi connectivity index (χ4v) is 1.26. The Bertz CT molecular complexity index is 449. The standard InChI is InChI=1S/C9H10N4O/c1-6-9(14)7(2)13(12-6)8-4-3-5-10-11-8/h3-5,14H,1-2H3. The van der Waals surface area contributed by atoms with Gasteiger partial charge < -0.3 is 5.11 Å². The zero-order valence-electron chi connectivity index (χ0n) is 7.97. The first-order chi connectivity index (χ1) is 6.70. The van der Waals surface area contributed by atoms with Crippen molar-refractivity contribution in [2.75, 3.05) is 0 Å². The van der Waals surface area contributed by atoms with E-state index in [0.717, 1.165) is 0 Å². The highest BCUT2D eigenvalue weighted by molar-refractivity contribution is 5.35. The van der Waals surface area contributed by atoms with Crippen molar-refractivity contribution in [3.05, 3.63) is 29.7 Å². The van der Waals surface area contributed by atoms with Crippen LogP contribution >= 0.6 is 0 Å². The fraction of sp³-hybridized carbons (Fsp3) is 0.222. The van der Waals surface area contributed by atoms with E-state index < -0.39 is 0 Å². The molecule has 2 aromatic rings. The maximum Gasteiger partial charge on any atom is 0.176 e. The summed E-state index contributed by atoms with van der Waals surface area (Å²) in [5.74, 6) is 0.809. The van der Waals surface area contributed by atoms with Gasteiger partial charge in [-0.1, -0.05) is 0 Å². The maximum atomic E-state index is 9.56. The van der Waals surface area contributed by atoms with Crippen molar-refractivity contribution >= 4 is 0 Å². The van der Waals surface area contributed by atoms with E-state index in [4.69, 9.17) is 0 Å². The lowest BCUT2D eigenvalue weighted by molar-refractivity contribution is 0.466. The summed E-state index contributed by atoms with van der Waals surface area (Å²) in [6.07, 6.45) is 1.59. The first-order valence-corrected chi connectivity index (χ1v) is 4.23. The predicted octanol–water partition coefficient (Wildman–Crippen LogP) is 0.985. The molecule has 0 fully saturated rings. The van der Waals surface area contributed by atoms with Crippen LogP contribution in [0, 0.1) is 13.8 Å². The first-order valence-electron chi connectivity index (χ1n) is 4.23. The molecule has 0 radical (unpaired) electrons. The number of aromatic nitrogens is 4. The Balaban J connectivity index is 2.58. The van der Waals surface area contributed by atoms with Crippen LogP contribution in [0.3, 0.4) is 0 Å². The van der Waals surface area contributed by atoms with Gasteiger partial charge >= 0.3 is 0 Å². The molecule has 0 aliphatic rings. The van der Waals surface area contributed by atoms with Crippen molar-refractivity contribution in [3.8, 4) is 11.6 Å². The molecule has 0 bridgehead atoms. The molecule has 1 N–H and O–H groups in total. The monoisotopic (exact) mass is 190 g/mol. The van der Waals surface area contributed by atoms with Gasteiger partial charge in [0.25, 0.3) is 0 Å². The summed E-state index contributed by atoms with van der Waals surface area (Å²) in [4.78, 5) is 0. The van der Waals surface area contributed by atoms with Gasteiger partial charge in [-0.3, -0.25) is 0 Å². The molecule has 0 aliphatic carbocycles. The summed E-state index contributed by atoms with van der Waals surface area (Å²) in [5, 5.41) is 21.4. The minimum Gasteiger partial charge on any atom is -0.504 e. The van der Waals surface area contributed by atoms with Crippen molar-refractivity contribution in [2.45, 2.75) is 13.8 Å². The van der Waals surface area contributed by atoms with Crippen LogP contribution in [0.4, 0.5) is 0 Å². The van der Waals surface area contributed by atoms with E-state index in [9.17, 15) is 5.11 Å². The second-order valence-electron chi connectivity index (χ2n) is 3.01. The van der Waals surface area contributed by atoms with Crippen molar-refractivity contribution in [2.24, 2.45) is 0 Å². The quantitative estimate of drug-likeness (QED) is 0.728. The minimum atomic E-state index is 0.204. The van der Waals surface area contributed by atoms with Gasteiger partial charge in [-0.25, -0.2) is 4.68 Å². The highest BCUT2D eigenvalue weighted by Gasteiger charge is 2.11. The molecule has 0 amide bonds. The van der Waals surface area contributed by atoms with E-state index in [-0.39, 0.29) is 5.75 Å². The molecule has 2 heterocycles. The third kappa shape index (κ3) is 1.22. The Morgan fingerprint density at radius 3 is 2.64 bits per heavy atom. The normalized spacial score (nSPS) is 10.4. The zero-order valence-corrected chi connectivity index (χ0v) is 7.97.